The van der Waals surface area contributed by atoms with Crippen LogP contribution in [0.2, 0.25) is 0 Å². The average Bonchev–Trinajstić information content (AvgIpc) is 3.34. The van der Waals surface area contributed by atoms with Crippen molar-refractivity contribution in [3.05, 3.63) is 89.8 Å². The SMILES string of the molecule is CCC(C)(C)C(=O)/C=C(\O)C(C)(C)CC.Cc1[c-]c(Oc2nccc3cc(-c4ccccc4)[se]c23)cc(C)c1.[Ir]. The van der Waals surface area contributed by atoms with Crippen molar-refractivity contribution >= 4 is 29.9 Å². The molecule has 0 atom stereocenters. The molecular formula is C34H40IrNO3Se-. The second kappa shape index (κ2) is 14.4. The van der Waals surface area contributed by atoms with Gasteiger partial charge < -0.3 is 5.11 Å². The van der Waals surface area contributed by atoms with Crippen LogP contribution in [-0.2, 0) is 24.9 Å². The van der Waals surface area contributed by atoms with Crippen LogP contribution in [0.4, 0.5) is 0 Å². The van der Waals surface area contributed by atoms with Crippen LogP contribution in [0.3, 0.4) is 0 Å². The van der Waals surface area contributed by atoms with Gasteiger partial charge in [0.25, 0.3) is 0 Å². The Hall–Kier alpha value is -2.49. The predicted octanol–water partition coefficient (Wildman–Crippen LogP) is 9.04. The maximum atomic E-state index is 11.8. The quantitative estimate of drug-likeness (QED) is 0.0840. The molecule has 0 saturated carbocycles. The number of ether oxygens (including phenoxy) is 1. The Labute approximate surface area is 259 Å². The fourth-order valence-electron chi connectivity index (χ4n) is 3.64. The van der Waals surface area contributed by atoms with E-state index in [4.69, 9.17) is 4.74 Å². The summed E-state index contributed by atoms with van der Waals surface area (Å²) in [6, 6.07) is 22.2. The summed E-state index contributed by atoms with van der Waals surface area (Å²) < 4.78 is 8.65. The Balaban J connectivity index is 0.000000307. The number of nitrogens with zero attached hydrogens (tertiary/aromatic N) is 1. The molecule has 4 aromatic rings. The van der Waals surface area contributed by atoms with Crippen molar-refractivity contribution in [1.82, 2.24) is 4.98 Å². The third kappa shape index (κ3) is 8.75. The summed E-state index contributed by atoms with van der Waals surface area (Å²) in [7, 11) is 0. The molecular weight excluding hydrogens is 742 g/mol. The van der Waals surface area contributed by atoms with E-state index in [0.717, 1.165) is 24.2 Å². The van der Waals surface area contributed by atoms with Crippen molar-refractivity contribution in [2.24, 2.45) is 10.8 Å². The number of aryl methyl sites for hydroxylation is 2. The number of carbonyl (C=O) groups excluding carboxylic acids is 1. The maximum absolute atomic E-state index is 11.8. The molecule has 1 radical (unpaired) electrons. The van der Waals surface area contributed by atoms with Gasteiger partial charge in [-0.15, -0.1) is 0 Å². The minimum atomic E-state index is -0.377. The molecule has 0 aliphatic carbocycles. The summed E-state index contributed by atoms with van der Waals surface area (Å²) in [4.78, 5) is 16.3. The van der Waals surface area contributed by atoms with Gasteiger partial charge in [-0.25, -0.2) is 0 Å². The third-order valence-corrected chi connectivity index (χ3v) is 9.68. The first kappa shape index (κ1) is 33.7. The molecule has 0 aliphatic heterocycles. The Kier molecular flexibility index (Phi) is 12.2. The zero-order valence-electron chi connectivity index (χ0n) is 24.7. The topological polar surface area (TPSA) is 59.4 Å². The molecule has 1 N–H and O–H groups in total. The summed E-state index contributed by atoms with van der Waals surface area (Å²) in [5.74, 6) is 1.63. The average molecular weight is 782 g/mol. The van der Waals surface area contributed by atoms with Crippen LogP contribution >= 0.6 is 0 Å². The van der Waals surface area contributed by atoms with E-state index in [2.05, 4.69) is 60.4 Å². The first-order chi connectivity index (χ1) is 18.4. The van der Waals surface area contributed by atoms with E-state index in [9.17, 15) is 9.90 Å². The molecule has 4 nitrogen and oxygen atoms in total. The van der Waals surface area contributed by atoms with Gasteiger partial charge in [0.1, 0.15) is 5.76 Å². The molecule has 215 valence electrons. The molecule has 2 aromatic heterocycles. The first-order valence-corrected chi connectivity index (χ1v) is 15.2. The van der Waals surface area contributed by atoms with E-state index < -0.39 is 0 Å². The van der Waals surface area contributed by atoms with Crippen molar-refractivity contribution in [1.29, 1.82) is 0 Å². The minimum absolute atomic E-state index is 0. The van der Waals surface area contributed by atoms with Crippen molar-refractivity contribution < 1.29 is 34.7 Å². The first-order valence-electron chi connectivity index (χ1n) is 13.4. The maximum Gasteiger partial charge on any atom is 0 e. The van der Waals surface area contributed by atoms with Gasteiger partial charge in [0, 0.05) is 37.0 Å². The predicted molar refractivity (Wildman–Crippen MR) is 163 cm³/mol. The molecule has 0 unspecified atom stereocenters. The monoisotopic (exact) mass is 783 g/mol. The van der Waals surface area contributed by atoms with Crippen LogP contribution in [0.15, 0.2) is 72.6 Å². The van der Waals surface area contributed by atoms with Gasteiger partial charge in [0.05, 0.1) is 0 Å². The van der Waals surface area contributed by atoms with E-state index in [0.29, 0.717) is 5.88 Å². The van der Waals surface area contributed by atoms with Gasteiger partial charge in [-0.1, -0.05) is 41.5 Å². The zero-order chi connectivity index (χ0) is 28.8. The Morgan fingerprint density at radius 1 is 1.00 bits per heavy atom. The number of fused-ring (bicyclic) bond motifs is 1. The molecule has 6 heteroatoms. The van der Waals surface area contributed by atoms with Gasteiger partial charge in [-0.2, -0.15) is 0 Å². The number of aliphatic hydroxyl groups is 1. The normalized spacial score (nSPS) is 11.8. The van der Waals surface area contributed by atoms with E-state index in [1.165, 1.54) is 31.3 Å². The van der Waals surface area contributed by atoms with Gasteiger partial charge >= 0.3 is 147 Å². The number of rotatable bonds is 8. The van der Waals surface area contributed by atoms with Gasteiger partial charge in [0.2, 0.25) is 0 Å². The number of pyridine rings is 1. The molecule has 0 fully saturated rings. The zero-order valence-corrected chi connectivity index (χ0v) is 28.8. The number of aliphatic hydroxyl groups excluding tert-OH is 1. The molecule has 0 bridgehead atoms. The Morgan fingerprint density at radius 2 is 1.65 bits per heavy atom. The van der Waals surface area contributed by atoms with Crippen molar-refractivity contribution in [2.75, 3.05) is 0 Å². The number of benzene rings is 2. The smallest absolute Gasteiger partial charge is 0 e. The molecule has 2 heterocycles. The van der Waals surface area contributed by atoms with Crippen LogP contribution in [0, 0.1) is 30.7 Å². The summed E-state index contributed by atoms with van der Waals surface area (Å²) in [5.41, 5.74) is 2.84. The van der Waals surface area contributed by atoms with Crippen molar-refractivity contribution in [2.45, 2.75) is 68.2 Å². The Morgan fingerprint density at radius 3 is 2.25 bits per heavy atom. The van der Waals surface area contributed by atoms with E-state index in [1.807, 2.05) is 66.8 Å². The number of ketones is 1. The summed E-state index contributed by atoms with van der Waals surface area (Å²) in [6.07, 6.45) is 4.81. The van der Waals surface area contributed by atoms with Crippen LogP contribution < -0.4 is 4.74 Å². The molecule has 4 rings (SSSR count). The largest absolute Gasteiger partial charge is 0 e. The Bertz CT molecular complexity index is 1430. The van der Waals surface area contributed by atoms with Crippen molar-refractivity contribution in [3.8, 4) is 21.6 Å². The van der Waals surface area contributed by atoms with Crippen LogP contribution in [0.25, 0.3) is 19.6 Å². The summed E-state index contributed by atoms with van der Waals surface area (Å²) in [5, 5.41) is 11.1. The fourth-order valence-corrected chi connectivity index (χ4v) is 5.92. The van der Waals surface area contributed by atoms with E-state index >= 15 is 0 Å². The van der Waals surface area contributed by atoms with Crippen LogP contribution in [0.1, 0.15) is 65.5 Å². The van der Waals surface area contributed by atoms with Gasteiger partial charge in [0.15, 0.2) is 5.78 Å². The number of hydrogen-bond donors (Lipinski definition) is 1. The second-order valence-electron chi connectivity index (χ2n) is 11.2. The molecule has 0 spiro atoms. The third-order valence-electron chi connectivity index (χ3n) is 7.19. The minimum Gasteiger partial charge on any atom is 0 e. The number of carbonyl (C=O) groups is 1. The molecule has 0 aliphatic rings. The second-order valence-corrected chi connectivity index (χ2v) is 13.4. The van der Waals surface area contributed by atoms with Crippen LogP contribution in [-0.4, -0.2) is 30.4 Å². The number of allylic oxidation sites excluding steroid dienone is 2. The molecule has 0 amide bonds. The number of aromatic nitrogens is 1. The van der Waals surface area contributed by atoms with E-state index in [1.54, 1.807) is 0 Å². The standard InChI is InChI=1S/C21H16NOSe.C13H24O2.Ir/c1-14-10-15(2)12-18(11-14)23-21-20-17(8-9-22-21)13-19(24-20)16-6-4-3-5-7-16;1-7-12(3,4)10(14)9-11(15)13(5,6)8-2;/h3-11,13H,1-2H3;9,14H,7-8H2,1-6H3;/q-1;;/b;10-9-;. The molecule has 2 aromatic carbocycles. The van der Waals surface area contributed by atoms with Crippen LogP contribution in [0.5, 0.6) is 11.6 Å². The van der Waals surface area contributed by atoms with Gasteiger partial charge in [-0.05, 0) is 12.8 Å². The van der Waals surface area contributed by atoms with E-state index in [-0.39, 0.29) is 57.0 Å². The molecule has 0 saturated heterocycles. The van der Waals surface area contributed by atoms with Gasteiger partial charge in [-0.3, -0.25) is 4.79 Å². The fraction of sp³-hybridized carbons (Fsp3) is 0.353. The summed E-state index contributed by atoms with van der Waals surface area (Å²) >= 11 is 0.194. The number of hydrogen-bond acceptors (Lipinski definition) is 4. The molecule has 40 heavy (non-hydrogen) atoms. The summed E-state index contributed by atoms with van der Waals surface area (Å²) in [6.45, 7) is 15.7. The van der Waals surface area contributed by atoms with Crippen molar-refractivity contribution in [3.63, 3.8) is 0 Å².